The highest BCUT2D eigenvalue weighted by molar-refractivity contribution is 7.92. The van der Waals surface area contributed by atoms with E-state index in [4.69, 9.17) is 4.74 Å². The van der Waals surface area contributed by atoms with Gasteiger partial charge in [0.2, 0.25) is 11.8 Å². The summed E-state index contributed by atoms with van der Waals surface area (Å²) in [6, 6.07) is 6.96. The van der Waals surface area contributed by atoms with Crippen molar-refractivity contribution in [2.24, 2.45) is 11.3 Å². The van der Waals surface area contributed by atoms with E-state index in [1.165, 1.54) is 24.3 Å². The minimum absolute atomic E-state index is 0. The Morgan fingerprint density at radius 3 is 2.22 bits per heavy atom. The van der Waals surface area contributed by atoms with E-state index in [1.807, 2.05) is 18.6 Å². The summed E-state index contributed by atoms with van der Waals surface area (Å²) >= 11 is 0. The molecule has 0 radical (unpaired) electrons. The number of nitrogens with zero attached hydrogens (tertiary/aromatic N) is 3. The van der Waals surface area contributed by atoms with Crippen molar-refractivity contribution in [1.82, 2.24) is 14.9 Å². The summed E-state index contributed by atoms with van der Waals surface area (Å²) in [4.78, 5) is 23.3. The summed E-state index contributed by atoms with van der Waals surface area (Å²) in [6.07, 6.45) is -6.33. The molecule has 1 aromatic heterocycles. The fraction of sp³-hybridized carbons (Fsp3) is 0.452. The Morgan fingerprint density at radius 1 is 1.00 bits per heavy atom. The fourth-order valence-electron chi connectivity index (χ4n) is 6.44. The van der Waals surface area contributed by atoms with E-state index < -0.39 is 68.5 Å². The van der Waals surface area contributed by atoms with E-state index in [-0.39, 0.29) is 35.9 Å². The molecule has 15 heteroatoms. The first-order valence-corrected chi connectivity index (χ1v) is 16.2. The molecular weight excluding hydrogens is 638 g/mol. The number of hydrogen-bond donors (Lipinski definition) is 1. The second kappa shape index (κ2) is 11.1. The summed E-state index contributed by atoms with van der Waals surface area (Å²) < 4.78 is 119. The van der Waals surface area contributed by atoms with Gasteiger partial charge in [0.25, 0.3) is 15.9 Å². The highest BCUT2D eigenvalue weighted by atomic mass is 32.2. The van der Waals surface area contributed by atoms with Crippen LogP contribution in [0, 0.1) is 11.3 Å². The van der Waals surface area contributed by atoms with Crippen molar-refractivity contribution in [3.8, 4) is 17.1 Å². The van der Waals surface area contributed by atoms with E-state index in [0.717, 1.165) is 31.7 Å². The predicted molar refractivity (Wildman–Crippen MR) is 156 cm³/mol. The zero-order valence-corrected chi connectivity index (χ0v) is 25.6. The summed E-state index contributed by atoms with van der Waals surface area (Å²) in [7, 11) is -4.57. The normalized spacial score (nSPS) is 21.0. The highest BCUT2D eigenvalue weighted by Crippen LogP contribution is 2.62. The number of carbonyl (C=O) groups excluding carboxylic acids is 1. The lowest BCUT2D eigenvalue weighted by atomic mass is 9.75. The van der Waals surface area contributed by atoms with Crippen molar-refractivity contribution in [3.63, 3.8) is 0 Å². The third-order valence-corrected chi connectivity index (χ3v) is 10.1. The SMILES string of the molecule is CC(C)C[C@@H]1COc2cc(-c3c(C(F)(F)F)cccc3C(F)(F)F)nc(n2)NS(=O)(=O)c2cccc(c2)C(=O)N1C1CC2(CC2)C1.[HH]. The predicted octanol–water partition coefficient (Wildman–Crippen LogP) is 7.42. The van der Waals surface area contributed by atoms with Crippen LogP contribution in [0.3, 0.4) is 0 Å². The lowest BCUT2D eigenvalue weighted by Crippen LogP contribution is -2.55. The van der Waals surface area contributed by atoms with Gasteiger partial charge in [-0.05, 0) is 73.8 Å². The molecule has 2 aliphatic carbocycles. The number of carbonyl (C=O) groups is 1. The maximum Gasteiger partial charge on any atom is 0.417 e. The Morgan fingerprint density at radius 2 is 1.63 bits per heavy atom. The third kappa shape index (κ3) is 6.25. The molecule has 2 aromatic carbocycles. The molecule has 2 heterocycles. The quantitative estimate of drug-likeness (QED) is 0.290. The van der Waals surface area contributed by atoms with E-state index in [2.05, 4.69) is 9.97 Å². The summed E-state index contributed by atoms with van der Waals surface area (Å²) in [5.74, 6) is -1.61. The summed E-state index contributed by atoms with van der Waals surface area (Å²) in [5.41, 5.74) is -5.10. The van der Waals surface area contributed by atoms with Gasteiger partial charge in [0.1, 0.15) is 6.61 Å². The third-order valence-electron chi connectivity index (χ3n) is 8.73. The van der Waals surface area contributed by atoms with Crippen LogP contribution in [0.1, 0.15) is 68.9 Å². The second-order valence-corrected chi connectivity index (χ2v) is 14.3. The van der Waals surface area contributed by atoms with E-state index >= 15 is 0 Å². The van der Waals surface area contributed by atoms with Gasteiger partial charge in [-0.3, -0.25) is 4.79 Å². The molecule has 2 fully saturated rings. The molecule has 1 amide bonds. The van der Waals surface area contributed by atoms with Crippen molar-refractivity contribution in [1.29, 1.82) is 0 Å². The molecule has 6 rings (SSSR count). The standard InChI is InChI=1S/C31H30F6N4O4S.H2/c1-17(2)11-19-16-45-25-13-24(26-22(30(32,33)34)7-4-8-23(26)31(35,36)37)38-28(39-25)40-46(43,44)21-6-3-5-18(12-21)27(42)41(19)20-14-29(15-20)9-10-29;/h3-8,12-13,17,19-20H,9-11,14-16H2,1-2H3,(H,38,39,40);1H/t19-;/m1./s1. The number of rotatable bonds is 4. The second-order valence-electron chi connectivity index (χ2n) is 12.6. The number of alkyl halides is 6. The molecule has 1 N–H and O–H groups in total. The topological polar surface area (TPSA) is 101 Å². The Balaban J connectivity index is 0.00000433. The molecule has 1 spiro atoms. The minimum Gasteiger partial charge on any atom is -0.475 e. The molecule has 8 nitrogen and oxygen atoms in total. The van der Waals surface area contributed by atoms with Gasteiger partial charge in [0.05, 0.1) is 27.8 Å². The molecule has 4 bridgehead atoms. The number of anilines is 1. The largest absolute Gasteiger partial charge is 0.475 e. The van der Waals surface area contributed by atoms with Crippen LogP contribution in [0.5, 0.6) is 5.88 Å². The van der Waals surface area contributed by atoms with Gasteiger partial charge in [-0.2, -0.15) is 31.3 Å². The van der Waals surface area contributed by atoms with E-state index in [1.54, 1.807) is 4.90 Å². The lowest BCUT2D eigenvalue weighted by molar-refractivity contribution is -0.142. The van der Waals surface area contributed by atoms with Crippen LogP contribution in [0.2, 0.25) is 0 Å². The van der Waals surface area contributed by atoms with Crippen molar-refractivity contribution in [3.05, 3.63) is 65.2 Å². The molecule has 1 aliphatic heterocycles. The molecule has 3 aromatic rings. The van der Waals surface area contributed by atoms with Crippen LogP contribution in [0.25, 0.3) is 11.3 Å². The minimum atomic E-state index is -5.22. The molecule has 3 aliphatic rings. The molecule has 248 valence electrons. The van der Waals surface area contributed by atoms with Crippen molar-refractivity contribution in [2.75, 3.05) is 11.3 Å². The molecule has 0 unspecified atom stereocenters. The maximum absolute atomic E-state index is 14.1. The van der Waals surface area contributed by atoms with Crippen molar-refractivity contribution >= 4 is 21.9 Å². The number of fused-ring (bicyclic) bond motifs is 4. The highest BCUT2D eigenvalue weighted by Gasteiger charge is 2.56. The van der Waals surface area contributed by atoms with Gasteiger partial charge in [0, 0.05) is 24.7 Å². The average molecular weight is 671 g/mol. The Hall–Kier alpha value is -3.88. The van der Waals surface area contributed by atoms with Gasteiger partial charge >= 0.3 is 12.4 Å². The zero-order chi connectivity index (χ0) is 33.2. The first-order valence-electron chi connectivity index (χ1n) is 14.7. The van der Waals surface area contributed by atoms with Crippen LogP contribution in [0.4, 0.5) is 32.3 Å². The number of amides is 1. The smallest absolute Gasteiger partial charge is 0.417 e. The summed E-state index contributed by atoms with van der Waals surface area (Å²) in [6.45, 7) is 3.68. The van der Waals surface area contributed by atoms with Gasteiger partial charge in [0.15, 0.2) is 0 Å². The van der Waals surface area contributed by atoms with Crippen LogP contribution in [0.15, 0.2) is 53.4 Å². The molecule has 0 saturated heterocycles. The fourth-order valence-corrected chi connectivity index (χ4v) is 7.43. The first-order chi connectivity index (χ1) is 21.5. The number of nitrogens with one attached hydrogen (secondary N) is 1. The van der Waals surface area contributed by atoms with Gasteiger partial charge in [-0.1, -0.05) is 26.0 Å². The maximum atomic E-state index is 14.1. The number of benzene rings is 2. The Bertz CT molecular complexity index is 1760. The van der Waals surface area contributed by atoms with E-state index in [9.17, 15) is 39.6 Å². The Labute approximate surface area is 262 Å². The van der Waals surface area contributed by atoms with Gasteiger partial charge < -0.3 is 9.64 Å². The van der Waals surface area contributed by atoms with Crippen LogP contribution in [-0.2, 0) is 22.4 Å². The van der Waals surface area contributed by atoms with Gasteiger partial charge in [-0.15, -0.1) is 0 Å². The number of hydrogen-bond acceptors (Lipinski definition) is 6. The number of aromatic nitrogens is 2. The van der Waals surface area contributed by atoms with Crippen molar-refractivity contribution < 1.29 is 45.7 Å². The zero-order valence-electron chi connectivity index (χ0n) is 24.7. The number of sulfonamides is 1. The number of halogens is 6. The molecule has 2 saturated carbocycles. The molecule has 46 heavy (non-hydrogen) atoms. The number of ether oxygens (including phenoxy) is 1. The molecular formula is C31H32F6N4O4S. The lowest BCUT2D eigenvalue weighted by Gasteiger charge is -2.47. The van der Waals surface area contributed by atoms with Crippen LogP contribution < -0.4 is 9.46 Å². The van der Waals surface area contributed by atoms with Crippen molar-refractivity contribution in [2.45, 2.75) is 75.3 Å². The monoisotopic (exact) mass is 670 g/mol. The Kier molecular flexibility index (Phi) is 7.76. The molecule has 1 atom stereocenters. The van der Waals surface area contributed by atoms with Crippen LogP contribution >= 0.6 is 0 Å². The van der Waals surface area contributed by atoms with Gasteiger partial charge in [-0.25, -0.2) is 18.1 Å². The first kappa shape index (κ1) is 32.1. The van der Waals surface area contributed by atoms with Crippen LogP contribution in [-0.4, -0.2) is 47.9 Å². The van der Waals surface area contributed by atoms with E-state index in [0.29, 0.717) is 24.6 Å². The average Bonchev–Trinajstić information content (AvgIpc) is 3.75. The summed E-state index contributed by atoms with van der Waals surface area (Å²) in [5, 5.41) is 0.